The van der Waals surface area contributed by atoms with Gasteiger partial charge >= 0.3 is 12.1 Å². The fourth-order valence-electron chi connectivity index (χ4n) is 3.49. The Balaban J connectivity index is 0.000000298. The molecule has 2 aliphatic rings. The van der Waals surface area contributed by atoms with E-state index in [-0.39, 0.29) is 11.3 Å². The molecule has 0 radical (unpaired) electrons. The van der Waals surface area contributed by atoms with Crippen molar-refractivity contribution in [2.45, 2.75) is 25.6 Å². The number of aliphatic carboxylic acids is 1. The number of rotatable bonds is 3. The van der Waals surface area contributed by atoms with Gasteiger partial charge in [-0.05, 0) is 50.2 Å². The van der Waals surface area contributed by atoms with E-state index in [2.05, 4.69) is 9.88 Å². The van der Waals surface area contributed by atoms with Gasteiger partial charge in [0.15, 0.2) is 0 Å². The van der Waals surface area contributed by atoms with E-state index in [4.69, 9.17) is 14.3 Å². The number of anilines is 1. The number of carbonyl (C=O) groups is 2. The number of likely N-dealkylation sites (tertiary alicyclic amines) is 1. The summed E-state index contributed by atoms with van der Waals surface area (Å²) >= 11 is 0. The van der Waals surface area contributed by atoms with Crippen LogP contribution in [0.1, 0.15) is 18.6 Å². The summed E-state index contributed by atoms with van der Waals surface area (Å²) in [6, 6.07) is 7.74. The van der Waals surface area contributed by atoms with Gasteiger partial charge in [0, 0.05) is 12.7 Å². The van der Waals surface area contributed by atoms with Crippen LogP contribution in [0.4, 0.5) is 18.9 Å². The smallest absolute Gasteiger partial charge is 0.475 e. The fraction of sp³-hybridized carbons (Fsp3) is 0.421. The van der Waals surface area contributed by atoms with Crippen LogP contribution in [0.2, 0.25) is 0 Å². The molecule has 29 heavy (non-hydrogen) atoms. The number of pyridine rings is 1. The van der Waals surface area contributed by atoms with Crippen molar-refractivity contribution in [1.82, 2.24) is 9.88 Å². The SMILES string of the molecule is O=C(O)C(F)(F)F.O=C1N(c2cccnc2)CC12CCN(Cc1ccco1)CC2. The zero-order valence-corrected chi connectivity index (χ0v) is 15.4. The Kier molecular flexibility index (Phi) is 5.92. The maximum Gasteiger partial charge on any atom is 0.490 e. The van der Waals surface area contributed by atoms with Gasteiger partial charge in [-0.2, -0.15) is 13.2 Å². The summed E-state index contributed by atoms with van der Waals surface area (Å²) in [5, 5.41) is 7.12. The quantitative estimate of drug-likeness (QED) is 0.782. The first-order valence-electron chi connectivity index (χ1n) is 8.98. The van der Waals surface area contributed by atoms with Crippen molar-refractivity contribution >= 4 is 17.6 Å². The molecule has 4 heterocycles. The van der Waals surface area contributed by atoms with E-state index >= 15 is 0 Å². The Hall–Kier alpha value is -2.88. The number of halogens is 3. The van der Waals surface area contributed by atoms with Crippen LogP contribution < -0.4 is 4.90 Å². The zero-order chi connectivity index (χ0) is 21.1. The summed E-state index contributed by atoms with van der Waals surface area (Å²) in [6.07, 6.45) is 1.99. The lowest BCUT2D eigenvalue weighted by Crippen LogP contribution is -2.65. The summed E-state index contributed by atoms with van der Waals surface area (Å²) in [5.74, 6) is -1.50. The lowest BCUT2D eigenvalue weighted by Gasteiger charge is -2.52. The van der Waals surface area contributed by atoms with E-state index in [9.17, 15) is 18.0 Å². The van der Waals surface area contributed by atoms with Crippen LogP contribution in [0.15, 0.2) is 47.3 Å². The molecule has 2 aliphatic heterocycles. The van der Waals surface area contributed by atoms with Crippen LogP contribution in [-0.4, -0.2) is 52.7 Å². The molecule has 4 rings (SSSR count). The lowest BCUT2D eigenvalue weighted by atomic mass is 9.71. The van der Waals surface area contributed by atoms with Crippen LogP contribution in [0.5, 0.6) is 0 Å². The monoisotopic (exact) mass is 411 g/mol. The molecular formula is C19H20F3N3O4. The van der Waals surface area contributed by atoms with Crippen LogP contribution in [0.3, 0.4) is 0 Å². The predicted molar refractivity (Wildman–Crippen MR) is 95.9 cm³/mol. The highest BCUT2D eigenvalue weighted by atomic mass is 19.4. The molecule has 0 unspecified atom stereocenters. The number of carboxylic acids is 1. The molecule has 1 amide bonds. The number of aromatic nitrogens is 1. The molecule has 2 fully saturated rings. The van der Waals surface area contributed by atoms with E-state index in [1.165, 1.54) is 0 Å². The molecule has 7 nitrogen and oxygen atoms in total. The van der Waals surface area contributed by atoms with Gasteiger partial charge in [0.2, 0.25) is 5.91 Å². The Morgan fingerprint density at radius 1 is 1.24 bits per heavy atom. The summed E-state index contributed by atoms with van der Waals surface area (Å²) in [7, 11) is 0. The molecule has 0 saturated carbocycles. The number of carbonyl (C=O) groups excluding carboxylic acids is 1. The van der Waals surface area contributed by atoms with Crippen LogP contribution in [0.25, 0.3) is 0 Å². The van der Waals surface area contributed by atoms with Gasteiger partial charge in [-0.1, -0.05) is 0 Å². The summed E-state index contributed by atoms with van der Waals surface area (Å²) in [4.78, 5) is 29.8. The summed E-state index contributed by atoms with van der Waals surface area (Å²) in [5.41, 5.74) is 0.770. The second-order valence-corrected chi connectivity index (χ2v) is 7.04. The number of hydrogen-bond donors (Lipinski definition) is 1. The minimum absolute atomic E-state index is 0.143. The first kappa shape index (κ1) is 20.8. The number of piperidine rings is 1. The largest absolute Gasteiger partial charge is 0.490 e. The standard InChI is InChI=1S/C17H19N3O2.C2HF3O2/c21-16-17(13-20(16)14-3-1-7-18-11-14)5-8-19(9-6-17)12-15-4-2-10-22-15;3-2(4,5)1(6)7/h1-4,7,10-11H,5-6,8-9,12-13H2;(H,6,7). The van der Waals surface area contributed by atoms with Crippen molar-refractivity contribution in [1.29, 1.82) is 0 Å². The first-order valence-corrected chi connectivity index (χ1v) is 8.98. The average molecular weight is 411 g/mol. The van der Waals surface area contributed by atoms with Gasteiger partial charge in [-0.25, -0.2) is 4.79 Å². The number of β-lactam (4-membered cyclic amide) rings is 1. The highest BCUT2D eigenvalue weighted by Crippen LogP contribution is 2.43. The summed E-state index contributed by atoms with van der Waals surface area (Å²) in [6.45, 7) is 3.57. The molecule has 2 saturated heterocycles. The minimum atomic E-state index is -5.08. The highest BCUT2D eigenvalue weighted by Gasteiger charge is 2.53. The number of amides is 1. The van der Waals surface area contributed by atoms with Crippen LogP contribution >= 0.6 is 0 Å². The molecule has 0 bridgehead atoms. The maximum atomic E-state index is 12.6. The van der Waals surface area contributed by atoms with Gasteiger partial charge in [0.05, 0.1) is 30.1 Å². The third kappa shape index (κ3) is 4.76. The molecule has 0 aliphatic carbocycles. The molecule has 2 aromatic rings. The van der Waals surface area contributed by atoms with E-state index in [0.29, 0.717) is 0 Å². The Morgan fingerprint density at radius 2 is 1.93 bits per heavy atom. The molecule has 1 spiro atoms. The average Bonchev–Trinajstić information content (AvgIpc) is 3.20. The van der Waals surface area contributed by atoms with Crippen molar-refractivity contribution in [3.05, 3.63) is 48.7 Å². The van der Waals surface area contributed by atoms with Crippen molar-refractivity contribution in [3.8, 4) is 0 Å². The number of carboxylic acid groups (broad SMARTS) is 1. The molecule has 10 heteroatoms. The number of hydrogen-bond acceptors (Lipinski definition) is 5. The Morgan fingerprint density at radius 3 is 2.41 bits per heavy atom. The second-order valence-electron chi connectivity index (χ2n) is 7.04. The van der Waals surface area contributed by atoms with E-state index in [0.717, 1.165) is 50.5 Å². The van der Waals surface area contributed by atoms with E-state index < -0.39 is 12.1 Å². The zero-order valence-electron chi connectivity index (χ0n) is 15.4. The van der Waals surface area contributed by atoms with E-state index in [1.807, 2.05) is 29.2 Å². The lowest BCUT2D eigenvalue weighted by molar-refractivity contribution is -0.192. The maximum absolute atomic E-state index is 12.6. The van der Waals surface area contributed by atoms with Crippen LogP contribution in [0, 0.1) is 5.41 Å². The fourth-order valence-corrected chi connectivity index (χ4v) is 3.49. The predicted octanol–water partition coefficient (Wildman–Crippen LogP) is 2.94. The second kappa shape index (κ2) is 8.24. The molecule has 0 atom stereocenters. The number of furan rings is 1. The van der Waals surface area contributed by atoms with Gasteiger partial charge in [-0.15, -0.1) is 0 Å². The molecular weight excluding hydrogens is 391 g/mol. The molecule has 1 N–H and O–H groups in total. The minimum Gasteiger partial charge on any atom is -0.475 e. The Bertz CT molecular complexity index is 832. The normalized spacial score (nSPS) is 18.7. The summed E-state index contributed by atoms with van der Waals surface area (Å²) < 4.78 is 37.1. The van der Waals surface area contributed by atoms with Gasteiger partial charge in [-0.3, -0.25) is 14.7 Å². The topological polar surface area (TPSA) is 86.9 Å². The molecule has 2 aromatic heterocycles. The Labute approximate surface area is 164 Å². The van der Waals surface area contributed by atoms with Crippen molar-refractivity contribution < 1.29 is 32.3 Å². The van der Waals surface area contributed by atoms with Gasteiger partial charge in [0.25, 0.3) is 0 Å². The van der Waals surface area contributed by atoms with Crippen molar-refractivity contribution in [2.24, 2.45) is 5.41 Å². The van der Waals surface area contributed by atoms with Crippen LogP contribution in [-0.2, 0) is 16.1 Å². The highest BCUT2D eigenvalue weighted by molar-refractivity contribution is 6.04. The third-order valence-corrected chi connectivity index (χ3v) is 5.13. The first-order chi connectivity index (χ1) is 13.7. The molecule has 156 valence electrons. The van der Waals surface area contributed by atoms with Gasteiger partial charge in [0.1, 0.15) is 5.76 Å². The number of nitrogens with zero attached hydrogens (tertiary/aromatic N) is 3. The molecule has 0 aromatic carbocycles. The van der Waals surface area contributed by atoms with Crippen molar-refractivity contribution in [2.75, 3.05) is 24.5 Å². The third-order valence-electron chi connectivity index (χ3n) is 5.13. The van der Waals surface area contributed by atoms with E-state index in [1.54, 1.807) is 18.7 Å². The van der Waals surface area contributed by atoms with Crippen molar-refractivity contribution in [3.63, 3.8) is 0 Å². The number of alkyl halides is 3. The van der Waals surface area contributed by atoms with Gasteiger partial charge < -0.3 is 14.4 Å².